The fraction of sp³-hybridized carbons (Fsp3) is 0.133. The van der Waals surface area contributed by atoms with E-state index < -0.39 is 10.8 Å². The lowest BCUT2D eigenvalue weighted by atomic mass is 10.2. The van der Waals surface area contributed by atoms with Crippen LogP contribution in [0.15, 0.2) is 58.3 Å². The van der Waals surface area contributed by atoms with Gasteiger partial charge in [-0.2, -0.15) is 0 Å². The maximum Gasteiger partial charge on any atom is 0.252 e. The largest absolute Gasteiger partial charge is 0.495 e. The van der Waals surface area contributed by atoms with Crippen LogP contribution in [0, 0.1) is 0 Å². The Morgan fingerprint density at radius 1 is 1.05 bits per heavy atom. The van der Waals surface area contributed by atoms with Gasteiger partial charge in [-0.1, -0.05) is 24.3 Å². The third kappa shape index (κ3) is 2.72. The number of hydrogen-bond acceptors (Lipinski definition) is 3. The van der Waals surface area contributed by atoms with Crippen LogP contribution < -0.4 is 10.1 Å². The number of nitrogens with one attached hydrogen (secondary N) is 1. The first kappa shape index (κ1) is 14.3. The van der Waals surface area contributed by atoms with Gasteiger partial charge in [0.15, 0.2) is 0 Å². The number of hydrogen-bond donors (Lipinski definition) is 1. The molecule has 4 nitrogen and oxygen atoms in total. The smallest absolute Gasteiger partial charge is 0.252 e. The second-order valence-corrected chi connectivity index (χ2v) is 5.41. The molecule has 20 heavy (non-hydrogen) atoms. The van der Waals surface area contributed by atoms with E-state index in [1.807, 2.05) is 6.07 Å². The van der Waals surface area contributed by atoms with Gasteiger partial charge in [-0.15, -0.1) is 0 Å². The van der Waals surface area contributed by atoms with Crippen molar-refractivity contribution in [2.75, 3.05) is 14.2 Å². The van der Waals surface area contributed by atoms with E-state index in [9.17, 15) is 9.00 Å². The minimum absolute atomic E-state index is 0.260. The standard InChI is InChI=1S/C15H15NO3S/c1-16-15(17)11-7-3-5-9-13(11)20(18)14-10-6-4-8-12(14)19-2/h3-10H,1-2H3,(H,16,17). The molecule has 0 fully saturated rings. The van der Waals surface area contributed by atoms with Gasteiger partial charge in [-0.05, 0) is 24.3 Å². The molecule has 1 unspecified atom stereocenters. The average Bonchev–Trinajstić information content (AvgIpc) is 2.53. The van der Waals surface area contributed by atoms with Crippen LogP contribution >= 0.6 is 0 Å². The van der Waals surface area contributed by atoms with Crippen LogP contribution in [0.3, 0.4) is 0 Å². The Morgan fingerprint density at radius 3 is 2.30 bits per heavy atom. The second-order valence-electron chi connectivity index (χ2n) is 3.99. The number of amides is 1. The highest BCUT2D eigenvalue weighted by Crippen LogP contribution is 2.27. The first-order chi connectivity index (χ1) is 9.69. The molecule has 1 atom stereocenters. The SMILES string of the molecule is CNC(=O)c1ccccc1S(=O)c1ccccc1OC. The van der Waals surface area contributed by atoms with Crippen molar-refractivity contribution in [2.24, 2.45) is 0 Å². The summed E-state index contributed by atoms with van der Waals surface area (Å²) < 4.78 is 17.9. The summed E-state index contributed by atoms with van der Waals surface area (Å²) in [6, 6.07) is 13.9. The molecule has 0 aliphatic heterocycles. The van der Waals surface area contributed by atoms with Crippen molar-refractivity contribution >= 4 is 16.7 Å². The van der Waals surface area contributed by atoms with Crippen molar-refractivity contribution in [2.45, 2.75) is 9.79 Å². The molecule has 1 N–H and O–H groups in total. The summed E-state index contributed by atoms with van der Waals surface area (Å²) in [5.41, 5.74) is 0.402. The number of methoxy groups -OCH3 is 1. The predicted molar refractivity (Wildman–Crippen MR) is 77.5 cm³/mol. The molecule has 0 aromatic heterocycles. The maximum atomic E-state index is 12.7. The Labute approximate surface area is 120 Å². The van der Waals surface area contributed by atoms with Gasteiger partial charge in [0.1, 0.15) is 5.75 Å². The quantitative estimate of drug-likeness (QED) is 0.939. The number of benzene rings is 2. The van der Waals surface area contributed by atoms with Gasteiger partial charge < -0.3 is 10.1 Å². The van der Waals surface area contributed by atoms with E-state index >= 15 is 0 Å². The Hall–Kier alpha value is -2.14. The number of carbonyl (C=O) groups is 1. The average molecular weight is 289 g/mol. The molecule has 1 amide bonds. The summed E-state index contributed by atoms with van der Waals surface area (Å²) >= 11 is 0. The lowest BCUT2D eigenvalue weighted by Gasteiger charge is -2.11. The molecule has 2 aromatic rings. The van der Waals surface area contributed by atoms with Crippen LogP contribution in [0.2, 0.25) is 0 Å². The predicted octanol–water partition coefficient (Wildman–Crippen LogP) is 2.22. The van der Waals surface area contributed by atoms with Crippen molar-refractivity contribution in [3.05, 3.63) is 54.1 Å². The number of rotatable bonds is 4. The monoisotopic (exact) mass is 289 g/mol. The van der Waals surface area contributed by atoms with Crippen LogP contribution in [-0.2, 0) is 10.8 Å². The molecule has 0 aliphatic rings. The Balaban J connectivity index is 2.51. The Bertz CT molecular complexity index is 655. The highest BCUT2D eigenvalue weighted by Gasteiger charge is 2.18. The zero-order valence-electron chi connectivity index (χ0n) is 11.3. The van der Waals surface area contributed by atoms with Crippen molar-refractivity contribution in [3.63, 3.8) is 0 Å². The van der Waals surface area contributed by atoms with E-state index in [4.69, 9.17) is 4.74 Å². The molecule has 0 heterocycles. The van der Waals surface area contributed by atoms with E-state index in [0.29, 0.717) is 21.1 Å². The van der Waals surface area contributed by atoms with Gasteiger partial charge in [0.2, 0.25) is 0 Å². The van der Waals surface area contributed by atoms with E-state index in [-0.39, 0.29) is 5.91 Å². The van der Waals surface area contributed by atoms with Gasteiger partial charge in [0.25, 0.3) is 5.91 Å². The number of ether oxygens (including phenoxy) is 1. The van der Waals surface area contributed by atoms with E-state index in [1.165, 1.54) is 7.11 Å². The molecular formula is C15H15NO3S. The molecule has 2 rings (SSSR count). The van der Waals surface area contributed by atoms with Crippen molar-refractivity contribution < 1.29 is 13.7 Å². The molecule has 0 spiro atoms. The first-order valence-corrected chi connectivity index (χ1v) is 7.20. The van der Waals surface area contributed by atoms with E-state index in [2.05, 4.69) is 5.32 Å². The summed E-state index contributed by atoms with van der Waals surface area (Å²) in [6.45, 7) is 0. The normalized spacial score (nSPS) is 11.7. The molecule has 5 heteroatoms. The van der Waals surface area contributed by atoms with Crippen LogP contribution in [-0.4, -0.2) is 24.3 Å². The zero-order valence-corrected chi connectivity index (χ0v) is 12.1. The molecule has 2 aromatic carbocycles. The summed E-state index contributed by atoms with van der Waals surface area (Å²) in [6.07, 6.45) is 0. The number of carbonyl (C=O) groups excluding carboxylic acids is 1. The fourth-order valence-corrected chi connectivity index (χ4v) is 3.18. The molecule has 104 valence electrons. The van der Waals surface area contributed by atoms with Gasteiger partial charge >= 0.3 is 0 Å². The van der Waals surface area contributed by atoms with Crippen molar-refractivity contribution in [1.29, 1.82) is 0 Å². The van der Waals surface area contributed by atoms with Crippen LogP contribution in [0.1, 0.15) is 10.4 Å². The number of para-hydroxylation sites is 1. The molecule has 0 aliphatic carbocycles. The Kier molecular flexibility index (Phi) is 4.53. The summed E-state index contributed by atoms with van der Waals surface area (Å²) in [5, 5.41) is 2.55. The minimum atomic E-state index is -1.48. The maximum absolute atomic E-state index is 12.7. The lowest BCUT2D eigenvalue weighted by molar-refractivity contribution is 0.0960. The molecule has 0 radical (unpaired) electrons. The summed E-state index contributed by atoms with van der Waals surface area (Å²) in [4.78, 5) is 12.9. The van der Waals surface area contributed by atoms with Gasteiger partial charge in [-0.25, -0.2) is 4.21 Å². The van der Waals surface area contributed by atoms with Crippen molar-refractivity contribution in [1.82, 2.24) is 5.32 Å². The van der Waals surface area contributed by atoms with Gasteiger partial charge in [0.05, 0.1) is 33.3 Å². The van der Waals surface area contributed by atoms with Crippen molar-refractivity contribution in [3.8, 4) is 5.75 Å². The molecular weight excluding hydrogens is 274 g/mol. The first-order valence-electron chi connectivity index (χ1n) is 6.05. The topological polar surface area (TPSA) is 55.4 Å². The van der Waals surface area contributed by atoms with Gasteiger partial charge in [0, 0.05) is 7.05 Å². The van der Waals surface area contributed by atoms with E-state index in [1.54, 1.807) is 49.5 Å². The van der Waals surface area contributed by atoms with Crippen LogP contribution in [0.5, 0.6) is 5.75 Å². The Morgan fingerprint density at radius 2 is 1.65 bits per heavy atom. The second kappa shape index (κ2) is 6.34. The summed E-state index contributed by atoms with van der Waals surface area (Å²) in [5.74, 6) is 0.279. The molecule has 0 bridgehead atoms. The summed E-state index contributed by atoms with van der Waals surface area (Å²) in [7, 11) is 1.60. The highest BCUT2D eigenvalue weighted by molar-refractivity contribution is 7.85. The minimum Gasteiger partial charge on any atom is -0.495 e. The fourth-order valence-electron chi connectivity index (χ4n) is 1.84. The van der Waals surface area contributed by atoms with Crippen LogP contribution in [0.25, 0.3) is 0 Å². The van der Waals surface area contributed by atoms with Gasteiger partial charge in [-0.3, -0.25) is 4.79 Å². The highest BCUT2D eigenvalue weighted by atomic mass is 32.2. The lowest BCUT2D eigenvalue weighted by Crippen LogP contribution is -2.19. The third-order valence-electron chi connectivity index (χ3n) is 2.83. The van der Waals surface area contributed by atoms with Crippen LogP contribution in [0.4, 0.5) is 0 Å². The van der Waals surface area contributed by atoms with E-state index in [0.717, 1.165) is 0 Å². The zero-order chi connectivity index (χ0) is 14.5. The molecule has 0 saturated heterocycles. The molecule has 0 saturated carbocycles. The third-order valence-corrected chi connectivity index (χ3v) is 4.32.